The third kappa shape index (κ3) is 1.11. The molecule has 0 aliphatic carbocycles. The molecule has 1 N–H and O–H groups in total. The van der Waals surface area contributed by atoms with Gasteiger partial charge >= 0.3 is 0 Å². The Balaban J connectivity index is 3.03. The molecule has 2 aromatic rings. The van der Waals surface area contributed by atoms with Crippen LogP contribution in [0.25, 0.3) is 11.2 Å². The van der Waals surface area contributed by atoms with Crippen molar-refractivity contribution < 1.29 is 0 Å². The zero-order valence-electron chi connectivity index (χ0n) is 7.46. The van der Waals surface area contributed by atoms with E-state index in [1.54, 1.807) is 13.1 Å². The normalized spacial score (nSPS) is 10.6. The van der Waals surface area contributed by atoms with Crippen LogP contribution in [0.3, 0.4) is 0 Å². The van der Waals surface area contributed by atoms with Gasteiger partial charge in [-0.15, -0.1) is 0 Å². The summed E-state index contributed by atoms with van der Waals surface area (Å²) in [5.41, 5.74) is 2.46. The number of hydrogen-bond donors (Lipinski definition) is 1. The molecule has 0 bridgehead atoms. The average molecular weight is 175 g/mol. The molecule has 2 aromatic heterocycles. The molecule has 0 fully saturated rings. The number of aromatic amines is 1. The lowest BCUT2D eigenvalue weighted by Gasteiger charge is -2.00. The minimum Gasteiger partial charge on any atom is -0.342 e. The fourth-order valence-corrected chi connectivity index (χ4v) is 1.21. The molecule has 0 radical (unpaired) electrons. The zero-order chi connectivity index (χ0) is 9.42. The van der Waals surface area contributed by atoms with Crippen LogP contribution in [0, 0.1) is 13.8 Å². The molecule has 0 aliphatic heterocycles. The van der Waals surface area contributed by atoms with Crippen LogP contribution in [0.1, 0.15) is 11.3 Å². The maximum atomic E-state index is 11.6. The summed E-state index contributed by atoms with van der Waals surface area (Å²) in [6, 6.07) is 0. The first-order valence-corrected chi connectivity index (χ1v) is 4.00. The summed E-state index contributed by atoms with van der Waals surface area (Å²) >= 11 is 0. The molecule has 0 unspecified atom stereocenters. The smallest absolute Gasteiger partial charge is 0.212 e. The van der Waals surface area contributed by atoms with Crippen molar-refractivity contribution in [2.75, 3.05) is 0 Å². The molecular formula is C9H9N3O. The standard InChI is InChI=1S/C9H9N3O/c1-5-6(2)12-9-7(8(5)13)10-3-4-11-9/h3-4H,1-2H3,(H,11,12,13). The Kier molecular flexibility index (Phi) is 1.62. The van der Waals surface area contributed by atoms with E-state index in [4.69, 9.17) is 0 Å². The van der Waals surface area contributed by atoms with Crippen molar-refractivity contribution in [1.82, 2.24) is 15.0 Å². The lowest BCUT2D eigenvalue weighted by Crippen LogP contribution is -2.11. The predicted octanol–water partition coefficient (Wildman–Crippen LogP) is 0.935. The van der Waals surface area contributed by atoms with Crippen LogP contribution < -0.4 is 5.43 Å². The molecule has 0 atom stereocenters. The molecule has 0 saturated heterocycles. The number of nitrogens with zero attached hydrogens (tertiary/aromatic N) is 2. The van der Waals surface area contributed by atoms with Crippen LogP contribution in [-0.4, -0.2) is 15.0 Å². The summed E-state index contributed by atoms with van der Waals surface area (Å²) in [5.74, 6) is 0. The van der Waals surface area contributed by atoms with Gasteiger partial charge in [-0.05, 0) is 13.8 Å². The fourth-order valence-electron chi connectivity index (χ4n) is 1.21. The highest BCUT2D eigenvalue weighted by atomic mass is 16.1. The summed E-state index contributed by atoms with van der Waals surface area (Å²) < 4.78 is 0. The second-order valence-corrected chi connectivity index (χ2v) is 2.96. The average Bonchev–Trinajstić information content (AvgIpc) is 2.15. The molecule has 4 heteroatoms. The van der Waals surface area contributed by atoms with Crippen LogP contribution in [0.15, 0.2) is 17.2 Å². The first-order chi connectivity index (χ1) is 6.20. The minimum atomic E-state index is -0.0423. The minimum absolute atomic E-state index is 0.0423. The predicted molar refractivity (Wildman–Crippen MR) is 49.6 cm³/mol. The lowest BCUT2D eigenvalue weighted by molar-refractivity contribution is 1.12. The van der Waals surface area contributed by atoms with E-state index in [0.29, 0.717) is 16.7 Å². The molecule has 0 amide bonds. The van der Waals surface area contributed by atoms with Gasteiger partial charge in [-0.2, -0.15) is 0 Å². The zero-order valence-corrected chi connectivity index (χ0v) is 7.46. The quantitative estimate of drug-likeness (QED) is 0.648. The van der Waals surface area contributed by atoms with Gasteiger partial charge in [0.05, 0.1) is 0 Å². The summed E-state index contributed by atoms with van der Waals surface area (Å²) in [4.78, 5) is 22.7. The first-order valence-electron chi connectivity index (χ1n) is 4.00. The number of aromatic nitrogens is 3. The third-order valence-electron chi connectivity index (χ3n) is 2.12. The van der Waals surface area contributed by atoms with Crippen LogP contribution in [0.2, 0.25) is 0 Å². The number of aryl methyl sites for hydroxylation is 1. The molecule has 2 rings (SSSR count). The van der Waals surface area contributed by atoms with Gasteiger partial charge in [-0.1, -0.05) is 0 Å². The van der Waals surface area contributed by atoms with Crippen molar-refractivity contribution in [3.63, 3.8) is 0 Å². The van der Waals surface area contributed by atoms with Crippen molar-refractivity contribution in [3.05, 3.63) is 33.9 Å². The summed E-state index contributed by atoms with van der Waals surface area (Å²) in [6.45, 7) is 3.63. The molecule has 0 saturated carbocycles. The van der Waals surface area contributed by atoms with Gasteiger partial charge in [0, 0.05) is 23.7 Å². The van der Waals surface area contributed by atoms with E-state index in [2.05, 4.69) is 15.0 Å². The number of nitrogens with one attached hydrogen (secondary N) is 1. The van der Waals surface area contributed by atoms with E-state index in [-0.39, 0.29) is 5.43 Å². The number of rotatable bonds is 0. The topological polar surface area (TPSA) is 58.6 Å². The molecule has 0 spiro atoms. The molecule has 0 aromatic carbocycles. The third-order valence-corrected chi connectivity index (χ3v) is 2.12. The van der Waals surface area contributed by atoms with E-state index in [1.165, 1.54) is 6.20 Å². The van der Waals surface area contributed by atoms with Gasteiger partial charge in [0.15, 0.2) is 11.2 Å². The van der Waals surface area contributed by atoms with Gasteiger partial charge in [0.2, 0.25) is 5.43 Å². The van der Waals surface area contributed by atoms with Crippen LogP contribution in [-0.2, 0) is 0 Å². The summed E-state index contributed by atoms with van der Waals surface area (Å²) in [7, 11) is 0. The molecule has 66 valence electrons. The number of hydrogen-bond acceptors (Lipinski definition) is 3. The molecule has 0 aliphatic rings. The van der Waals surface area contributed by atoms with Crippen molar-refractivity contribution in [2.24, 2.45) is 0 Å². The van der Waals surface area contributed by atoms with Crippen molar-refractivity contribution in [3.8, 4) is 0 Å². The van der Waals surface area contributed by atoms with Crippen LogP contribution in [0.4, 0.5) is 0 Å². The SMILES string of the molecule is Cc1[nH]c2nccnc2c(=O)c1C. The molecule has 13 heavy (non-hydrogen) atoms. The van der Waals surface area contributed by atoms with Gasteiger partial charge < -0.3 is 4.98 Å². The van der Waals surface area contributed by atoms with Gasteiger partial charge in [0.25, 0.3) is 0 Å². The monoisotopic (exact) mass is 175 g/mol. The van der Waals surface area contributed by atoms with Gasteiger partial charge in [-0.25, -0.2) is 9.97 Å². The van der Waals surface area contributed by atoms with Crippen molar-refractivity contribution in [1.29, 1.82) is 0 Å². The Bertz CT molecular complexity index is 516. The maximum absolute atomic E-state index is 11.6. The van der Waals surface area contributed by atoms with Crippen LogP contribution >= 0.6 is 0 Å². The Hall–Kier alpha value is -1.71. The Morgan fingerprint density at radius 2 is 1.92 bits per heavy atom. The van der Waals surface area contributed by atoms with Crippen molar-refractivity contribution in [2.45, 2.75) is 13.8 Å². The number of H-pyrrole nitrogens is 1. The van der Waals surface area contributed by atoms with E-state index in [9.17, 15) is 4.79 Å². The highest BCUT2D eigenvalue weighted by Gasteiger charge is 2.05. The largest absolute Gasteiger partial charge is 0.342 e. The Morgan fingerprint density at radius 3 is 2.69 bits per heavy atom. The van der Waals surface area contributed by atoms with Gasteiger partial charge in [-0.3, -0.25) is 4.79 Å². The second kappa shape index (κ2) is 2.65. The van der Waals surface area contributed by atoms with E-state index in [0.717, 1.165) is 5.69 Å². The Labute approximate surface area is 74.7 Å². The van der Waals surface area contributed by atoms with E-state index < -0.39 is 0 Å². The second-order valence-electron chi connectivity index (χ2n) is 2.96. The number of pyridine rings is 1. The fraction of sp³-hybridized carbons (Fsp3) is 0.222. The summed E-state index contributed by atoms with van der Waals surface area (Å²) in [6.07, 6.45) is 3.08. The molecule has 4 nitrogen and oxygen atoms in total. The van der Waals surface area contributed by atoms with E-state index >= 15 is 0 Å². The van der Waals surface area contributed by atoms with Crippen LogP contribution in [0.5, 0.6) is 0 Å². The van der Waals surface area contributed by atoms with Crippen molar-refractivity contribution >= 4 is 11.2 Å². The highest BCUT2D eigenvalue weighted by molar-refractivity contribution is 5.69. The van der Waals surface area contributed by atoms with Gasteiger partial charge in [0.1, 0.15) is 0 Å². The first kappa shape index (κ1) is 7.91. The lowest BCUT2D eigenvalue weighted by atomic mass is 10.2. The van der Waals surface area contributed by atoms with E-state index in [1.807, 2.05) is 6.92 Å². The summed E-state index contributed by atoms with van der Waals surface area (Å²) in [5, 5.41) is 0. The Morgan fingerprint density at radius 1 is 1.23 bits per heavy atom. The highest BCUT2D eigenvalue weighted by Crippen LogP contribution is 2.03. The number of fused-ring (bicyclic) bond motifs is 1. The maximum Gasteiger partial charge on any atom is 0.212 e. The molecule has 2 heterocycles. The molecular weight excluding hydrogens is 166 g/mol.